The molecular formula is C16H29N3O. The molecule has 0 amide bonds. The highest BCUT2D eigenvalue weighted by Gasteiger charge is 2.15. The van der Waals surface area contributed by atoms with E-state index in [0.29, 0.717) is 37.0 Å². The Labute approximate surface area is 122 Å². The Kier molecular flexibility index (Phi) is 6.93. The van der Waals surface area contributed by atoms with Crippen LogP contribution < -0.4 is 5.73 Å². The molecule has 0 saturated heterocycles. The van der Waals surface area contributed by atoms with E-state index in [4.69, 9.17) is 5.73 Å². The first-order valence-corrected chi connectivity index (χ1v) is 7.71. The Hall–Kier alpha value is -1.16. The second-order valence-electron chi connectivity index (χ2n) is 5.94. The number of ketones is 1. The monoisotopic (exact) mass is 279 g/mol. The van der Waals surface area contributed by atoms with Gasteiger partial charge in [0.25, 0.3) is 0 Å². The summed E-state index contributed by atoms with van der Waals surface area (Å²) in [4.78, 5) is 12.1. The van der Waals surface area contributed by atoms with Gasteiger partial charge in [0.2, 0.25) is 0 Å². The largest absolute Gasteiger partial charge is 0.330 e. The van der Waals surface area contributed by atoms with Gasteiger partial charge in [-0.3, -0.25) is 9.48 Å². The Balaban J connectivity index is 2.48. The van der Waals surface area contributed by atoms with Gasteiger partial charge in [-0.05, 0) is 43.7 Å². The summed E-state index contributed by atoms with van der Waals surface area (Å²) < 4.78 is 1.83. The Morgan fingerprint density at radius 1 is 1.40 bits per heavy atom. The van der Waals surface area contributed by atoms with Crippen LogP contribution in [0.2, 0.25) is 0 Å². The standard InChI is InChI=1S/C16H29N3O/c1-5-14-10-15(19(4)18-14)11-16(20)7-6-13(8-9-17)12(2)3/h10,12-13H,5-9,11,17H2,1-4H3. The molecule has 4 heteroatoms. The number of aromatic nitrogens is 2. The Morgan fingerprint density at radius 2 is 2.10 bits per heavy atom. The van der Waals surface area contributed by atoms with Crippen molar-refractivity contribution in [2.75, 3.05) is 6.54 Å². The fraction of sp³-hybridized carbons (Fsp3) is 0.750. The normalized spacial score (nSPS) is 12.9. The van der Waals surface area contributed by atoms with Gasteiger partial charge in [-0.1, -0.05) is 20.8 Å². The van der Waals surface area contributed by atoms with E-state index < -0.39 is 0 Å². The van der Waals surface area contributed by atoms with E-state index in [1.165, 1.54) is 0 Å². The van der Waals surface area contributed by atoms with Crippen LogP contribution in [0, 0.1) is 11.8 Å². The number of rotatable bonds is 9. The van der Waals surface area contributed by atoms with Crippen molar-refractivity contribution >= 4 is 5.78 Å². The molecule has 0 radical (unpaired) electrons. The molecule has 114 valence electrons. The number of nitrogens with zero attached hydrogens (tertiary/aromatic N) is 2. The summed E-state index contributed by atoms with van der Waals surface area (Å²) in [5.41, 5.74) is 7.71. The van der Waals surface area contributed by atoms with E-state index in [0.717, 1.165) is 30.7 Å². The van der Waals surface area contributed by atoms with Crippen LogP contribution in [0.5, 0.6) is 0 Å². The van der Waals surface area contributed by atoms with Gasteiger partial charge >= 0.3 is 0 Å². The van der Waals surface area contributed by atoms with Crippen LogP contribution in [-0.2, 0) is 24.7 Å². The molecule has 1 rings (SSSR count). The molecule has 0 aromatic carbocycles. The molecule has 1 unspecified atom stereocenters. The van der Waals surface area contributed by atoms with Crippen molar-refractivity contribution in [2.24, 2.45) is 24.6 Å². The predicted octanol–water partition coefficient (Wildman–Crippen LogP) is 2.50. The van der Waals surface area contributed by atoms with E-state index in [1.807, 2.05) is 17.8 Å². The first kappa shape index (κ1) is 16.9. The third-order valence-electron chi connectivity index (χ3n) is 4.04. The molecule has 0 spiro atoms. The minimum atomic E-state index is 0.304. The summed E-state index contributed by atoms with van der Waals surface area (Å²) in [7, 11) is 1.91. The van der Waals surface area contributed by atoms with E-state index in [-0.39, 0.29) is 0 Å². The maximum Gasteiger partial charge on any atom is 0.138 e. The summed E-state index contributed by atoms with van der Waals surface area (Å²) >= 11 is 0. The van der Waals surface area contributed by atoms with Gasteiger partial charge in [0.1, 0.15) is 5.78 Å². The molecule has 1 aromatic rings. The molecule has 1 atom stereocenters. The molecule has 0 aliphatic rings. The molecule has 0 aliphatic carbocycles. The second kappa shape index (κ2) is 8.20. The van der Waals surface area contributed by atoms with Crippen LogP contribution in [0.4, 0.5) is 0 Å². The van der Waals surface area contributed by atoms with Crippen molar-refractivity contribution < 1.29 is 4.79 Å². The van der Waals surface area contributed by atoms with Gasteiger partial charge in [0.15, 0.2) is 0 Å². The zero-order chi connectivity index (χ0) is 15.1. The van der Waals surface area contributed by atoms with Crippen molar-refractivity contribution in [3.8, 4) is 0 Å². The van der Waals surface area contributed by atoms with E-state index in [9.17, 15) is 4.79 Å². The van der Waals surface area contributed by atoms with Gasteiger partial charge < -0.3 is 5.73 Å². The molecule has 1 heterocycles. The summed E-state index contributed by atoms with van der Waals surface area (Å²) in [5, 5.41) is 4.38. The maximum absolute atomic E-state index is 12.1. The fourth-order valence-electron chi connectivity index (χ4n) is 2.57. The highest BCUT2D eigenvalue weighted by molar-refractivity contribution is 5.80. The van der Waals surface area contributed by atoms with Crippen LogP contribution >= 0.6 is 0 Å². The molecule has 0 saturated carbocycles. The number of aryl methyl sites for hydroxylation is 2. The van der Waals surface area contributed by atoms with Crippen molar-refractivity contribution in [1.29, 1.82) is 0 Å². The number of hydrogen-bond acceptors (Lipinski definition) is 3. The Morgan fingerprint density at radius 3 is 2.60 bits per heavy atom. The van der Waals surface area contributed by atoms with Gasteiger partial charge in [0.05, 0.1) is 5.69 Å². The predicted molar refractivity (Wildman–Crippen MR) is 82.5 cm³/mol. The number of carbonyl (C=O) groups excluding carboxylic acids is 1. The topological polar surface area (TPSA) is 60.9 Å². The second-order valence-corrected chi connectivity index (χ2v) is 5.94. The van der Waals surface area contributed by atoms with Gasteiger partial charge in [-0.15, -0.1) is 0 Å². The lowest BCUT2D eigenvalue weighted by molar-refractivity contribution is -0.118. The summed E-state index contributed by atoms with van der Waals surface area (Å²) in [5.74, 6) is 1.45. The van der Waals surface area contributed by atoms with Gasteiger partial charge in [-0.25, -0.2) is 0 Å². The van der Waals surface area contributed by atoms with E-state index in [2.05, 4.69) is 25.9 Å². The van der Waals surface area contributed by atoms with E-state index in [1.54, 1.807) is 0 Å². The molecule has 2 N–H and O–H groups in total. The van der Waals surface area contributed by atoms with Crippen molar-refractivity contribution in [2.45, 2.75) is 52.9 Å². The average Bonchev–Trinajstić information content (AvgIpc) is 2.75. The lowest BCUT2D eigenvalue weighted by atomic mass is 9.87. The SMILES string of the molecule is CCc1cc(CC(=O)CCC(CCN)C(C)C)n(C)n1. The third-order valence-corrected chi connectivity index (χ3v) is 4.04. The Bertz CT molecular complexity index is 423. The van der Waals surface area contributed by atoms with Crippen LogP contribution in [0.15, 0.2) is 6.07 Å². The molecule has 20 heavy (non-hydrogen) atoms. The maximum atomic E-state index is 12.1. The number of Topliss-reactive ketones (excluding diaryl/α,β-unsaturated/α-hetero) is 1. The van der Waals surface area contributed by atoms with E-state index >= 15 is 0 Å². The minimum absolute atomic E-state index is 0.304. The summed E-state index contributed by atoms with van der Waals surface area (Å²) in [6.45, 7) is 7.20. The smallest absolute Gasteiger partial charge is 0.138 e. The highest BCUT2D eigenvalue weighted by atomic mass is 16.1. The zero-order valence-corrected chi connectivity index (χ0v) is 13.4. The third kappa shape index (κ3) is 5.08. The molecular weight excluding hydrogens is 250 g/mol. The van der Waals surface area contributed by atoms with Crippen molar-refractivity contribution in [1.82, 2.24) is 9.78 Å². The fourth-order valence-corrected chi connectivity index (χ4v) is 2.57. The van der Waals surface area contributed by atoms with Gasteiger partial charge in [0, 0.05) is 25.6 Å². The first-order valence-electron chi connectivity index (χ1n) is 7.71. The number of hydrogen-bond donors (Lipinski definition) is 1. The summed E-state index contributed by atoms with van der Waals surface area (Å²) in [6, 6.07) is 2.04. The van der Waals surface area contributed by atoms with Crippen molar-refractivity contribution in [3.05, 3.63) is 17.5 Å². The molecule has 0 bridgehead atoms. The molecule has 1 aromatic heterocycles. The van der Waals surface area contributed by atoms with Crippen LogP contribution in [0.3, 0.4) is 0 Å². The number of nitrogens with two attached hydrogens (primary N) is 1. The molecule has 4 nitrogen and oxygen atoms in total. The number of carbonyl (C=O) groups is 1. The first-order chi connectivity index (χ1) is 9.47. The molecule has 0 fully saturated rings. The van der Waals surface area contributed by atoms with Gasteiger partial charge in [-0.2, -0.15) is 5.10 Å². The van der Waals surface area contributed by atoms with Crippen LogP contribution in [-0.4, -0.2) is 22.1 Å². The zero-order valence-electron chi connectivity index (χ0n) is 13.4. The minimum Gasteiger partial charge on any atom is -0.330 e. The van der Waals surface area contributed by atoms with Crippen LogP contribution in [0.1, 0.15) is 51.4 Å². The quantitative estimate of drug-likeness (QED) is 0.755. The summed E-state index contributed by atoms with van der Waals surface area (Å²) in [6.07, 6.45) is 4.02. The highest BCUT2D eigenvalue weighted by Crippen LogP contribution is 2.21. The average molecular weight is 279 g/mol. The lowest BCUT2D eigenvalue weighted by Crippen LogP contribution is -2.16. The van der Waals surface area contributed by atoms with Crippen molar-refractivity contribution in [3.63, 3.8) is 0 Å². The lowest BCUT2D eigenvalue weighted by Gasteiger charge is -2.19. The molecule has 0 aliphatic heterocycles. The van der Waals surface area contributed by atoms with Crippen LogP contribution in [0.25, 0.3) is 0 Å².